The van der Waals surface area contributed by atoms with Crippen molar-refractivity contribution in [3.05, 3.63) is 167 Å². The molecule has 0 aromatic heterocycles. The fourth-order valence-electron chi connectivity index (χ4n) is 10.8. The Bertz CT molecular complexity index is 2730. The first-order valence-corrected chi connectivity index (χ1v) is 28.1. The minimum absolute atomic E-state index is 0.0258. The lowest BCUT2D eigenvalue weighted by Crippen LogP contribution is -2.49. The van der Waals surface area contributed by atoms with E-state index in [1.165, 1.54) is 37.5 Å². The smallest absolute Gasteiger partial charge is 0.256 e. The van der Waals surface area contributed by atoms with Gasteiger partial charge >= 0.3 is 0 Å². The second-order valence-electron chi connectivity index (χ2n) is 19.8. The maximum atomic E-state index is 15.7. The number of nitrogens with one attached hydrogen (secondary N) is 5. The average Bonchev–Trinajstić information content (AvgIpc) is 3.74. The van der Waals surface area contributed by atoms with Gasteiger partial charge < -0.3 is 31.5 Å². The molecule has 7 N–H and O–H groups in total. The maximum Gasteiger partial charge on any atom is 0.256 e. The Morgan fingerprint density at radius 2 is 1.37 bits per heavy atom. The molecule has 0 unspecified atom stereocenters. The number of benzene rings is 5. The van der Waals surface area contributed by atoms with Crippen molar-refractivity contribution < 1.29 is 19.2 Å². The van der Waals surface area contributed by atoms with Gasteiger partial charge in [-0.3, -0.25) is 30.0 Å². The molecule has 5 aromatic carbocycles. The second kappa shape index (κ2) is 27.3. The van der Waals surface area contributed by atoms with Crippen LogP contribution in [0.25, 0.3) is 0 Å². The predicted octanol–water partition coefficient (Wildman–Crippen LogP) is 11.3. The van der Waals surface area contributed by atoms with Gasteiger partial charge in [-0.1, -0.05) is 137 Å². The summed E-state index contributed by atoms with van der Waals surface area (Å²) in [5.41, 5.74) is 16.0. The summed E-state index contributed by atoms with van der Waals surface area (Å²) in [6.07, 6.45) is 6.80. The molecule has 18 heteroatoms. The number of hydrogen-bond acceptors (Lipinski definition) is 9. The van der Waals surface area contributed by atoms with Crippen molar-refractivity contribution >= 4 is 98.8 Å². The molecule has 398 valence electrons. The highest BCUT2D eigenvalue weighted by molar-refractivity contribution is 6.45. The summed E-state index contributed by atoms with van der Waals surface area (Å²) in [7, 11) is 0. The third kappa shape index (κ3) is 14.9. The maximum absolute atomic E-state index is 15.7. The quantitative estimate of drug-likeness (QED) is 0.0473. The average molecular weight is 1140 g/mol. The second-order valence-corrected chi connectivity index (χ2v) is 22.3. The topological polar surface area (TPSA) is 161 Å². The molecule has 3 aliphatic rings. The van der Waals surface area contributed by atoms with Crippen LogP contribution in [0, 0.1) is 5.92 Å². The third-order valence-corrected chi connectivity index (χ3v) is 16.8. The summed E-state index contributed by atoms with van der Waals surface area (Å²) in [5, 5.41) is 10.6. The van der Waals surface area contributed by atoms with Crippen molar-refractivity contribution in [1.82, 2.24) is 31.3 Å². The van der Waals surface area contributed by atoms with Crippen molar-refractivity contribution in [3.8, 4) is 0 Å². The lowest BCUT2D eigenvalue weighted by atomic mass is 9.74. The van der Waals surface area contributed by atoms with E-state index in [1.807, 2.05) is 60.7 Å². The molecule has 5 aromatic rings. The highest BCUT2D eigenvalue weighted by Crippen LogP contribution is 2.44. The van der Waals surface area contributed by atoms with Crippen LogP contribution in [0.5, 0.6) is 0 Å². The van der Waals surface area contributed by atoms with Crippen LogP contribution in [-0.2, 0) is 16.1 Å². The Labute approximate surface area is 470 Å². The van der Waals surface area contributed by atoms with E-state index in [2.05, 4.69) is 31.7 Å². The molecule has 8 rings (SSSR count). The van der Waals surface area contributed by atoms with Crippen LogP contribution in [-0.4, -0.2) is 97.2 Å². The number of hydrogen-bond donors (Lipinski definition) is 6. The van der Waals surface area contributed by atoms with Crippen molar-refractivity contribution in [3.63, 3.8) is 0 Å². The van der Waals surface area contributed by atoms with Gasteiger partial charge in [0.2, 0.25) is 5.91 Å². The number of hydrazine groups is 1. The lowest BCUT2D eigenvalue weighted by Gasteiger charge is -2.31. The number of amides is 3. The molecule has 5 atom stereocenters. The van der Waals surface area contributed by atoms with Gasteiger partial charge in [0.05, 0.1) is 37.4 Å². The molecule has 3 saturated heterocycles. The van der Waals surface area contributed by atoms with Gasteiger partial charge in [0.25, 0.3) is 11.8 Å². The number of carbonyl (C=O) groups excluding carboxylic acids is 4. The molecular formula is C57H64Cl6N8O4. The summed E-state index contributed by atoms with van der Waals surface area (Å²) in [5.74, 6) is -2.98. The largest absolute Gasteiger partial charge is 0.350 e. The van der Waals surface area contributed by atoms with Gasteiger partial charge in [0, 0.05) is 71.6 Å². The summed E-state index contributed by atoms with van der Waals surface area (Å²) in [6.45, 7) is 4.71. The van der Waals surface area contributed by atoms with Crippen molar-refractivity contribution in [2.75, 3.05) is 51.1 Å². The van der Waals surface area contributed by atoms with E-state index in [0.717, 1.165) is 42.7 Å². The number of nitrogens with two attached hydrogens (primary N) is 1. The SMILES string of the molecule is NCC[C@@H]1N[C@H](CNC(=O)c2ccc(Cl)c(Cl)c2NC(=O)c2ccc(Cl)c(Cl)c2[C@H](CC(c2ccccc2)c2ccccc2)C(=O)[C@@H]2CCNN[C@H](CCN3CCCCC3)C2)CCN(Cc2cc(Cl)cc(Cl)c2)C1=O. The predicted molar refractivity (Wildman–Crippen MR) is 304 cm³/mol. The van der Waals surface area contributed by atoms with Crippen LogP contribution < -0.4 is 32.5 Å². The fraction of sp³-hybridized carbons (Fsp3) is 0.404. The van der Waals surface area contributed by atoms with Crippen LogP contribution >= 0.6 is 69.6 Å². The minimum Gasteiger partial charge on any atom is -0.350 e. The number of anilines is 1. The summed E-state index contributed by atoms with van der Waals surface area (Å²) >= 11 is 40.3. The molecule has 12 nitrogen and oxygen atoms in total. The molecule has 3 heterocycles. The van der Waals surface area contributed by atoms with E-state index >= 15 is 9.59 Å². The standard InChI is InChI=1S/C57H64Cl6N8O4/c58-39-28-35(29-40(59)31-39)34-71-27-21-42(67-49(18-22-64)57(71)75)33-65-55(73)44-15-17-48(61)52(63)53(44)68-56(74)43-14-16-47(60)51(62)50(43)46(32-45(36-10-4-1-5-11-36)37-12-6-2-7-13-37)54(72)38-19-23-66-69-41(30-38)20-26-70-24-8-3-9-25-70/h1-2,4-7,10-17,28-29,31,38,41-42,45-46,49,66-67,69H,3,8-9,18-27,30,32-34,64H2,(H,65,73)(H,68,74)/t38-,41-,42+,46+,49+/m1/s1. The molecule has 0 radical (unpaired) electrons. The number of Topliss-reactive ketones (excluding diaryl/α,β-unsaturated/α-hetero) is 1. The molecule has 3 fully saturated rings. The van der Waals surface area contributed by atoms with E-state index in [-0.39, 0.29) is 91.7 Å². The monoisotopic (exact) mass is 1130 g/mol. The van der Waals surface area contributed by atoms with Crippen molar-refractivity contribution in [2.24, 2.45) is 11.7 Å². The van der Waals surface area contributed by atoms with Crippen LogP contribution in [0.15, 0.2) is 103 Å². The number of rotatable bonds is 19. The number of likely N-dealkylation sites (tertiary alicyclic amines) is 1. The first-order chi connectivity index (χ1) is 36.3. The van der Waals surface area contributed by atoms with Gasteiger partial charge in [0.1, 0.15) is 5.78 Å². The third-order valence-electron chi connectivity index (χ3n) is 14.7. The van der Waals surface area contributed by atoms with Crippen molar-refractivity contribution in [1.29, 1.82) is 0 Å². The van der Waals surface area contributed by atoms with E-state index in [4.69, 9.17) is 75.3 Å². The van der Waals surface area contributed by atoms with Crippen LogP contribution in [0.1, 0.15) is 113 Å². The summed E-state index contributed by atoms with van der Waals surface area (Å²) in [6, 6.07) is 30.4. The zero-order valence-electron chi connectivity index (χ0n) is 41.7. The van der Waals surface area contributed by atoms with E-state index in [0.29, 0.717) is 55.4 Å². The van der Waals surface area contributed by atoms with Gasteiger partial charge in [-0.25, -0.2) is 0 Å². The molecule has 3 aliphatic heterocycles. The summed E-state index contributed by atoms with van der Waals surface area (Å²) < 4.78 is 0. The lowest BCUT2D eigenvalue weighted by molar-refractivity contribution is -0.133. The molecule has 0 aliphatic carbocycles. The molecule has 0 spiro atoms. The Balaban J connectivity index is 1.08. The molecule has 75 heavy (non-hydrogen) atoms. The van der Waals surface area contributed by atoms with E-state index < -0.39 is 29.7 Å². The van der Waals surface area contributed by atoms with Crippen LogP contribution in [0.4, 0.5) is 5.69 Å². The Morgan fingerprint density at radius 1 is 0.720 bits per heavy atom. The number of nitrogens with zero attached hydrogens (tertiary/aromatic N) is 2. The Kier molecular flexibility index (Phi) is 20.8. The zero-order chi connectivity index (χ0) is 53.0. The van der Waals surface area contributed by atoms with Crippen LogP contribution in [0.3, 0.4) is 0 Å². The Morgan fingerprint density at radius 3 is 2.04 bits per heavy atom. The first-order valence-electron chi connectivity index (χ1n) is 25.9. The molecule has 3 amide bonds. The highest BCUT2D eigenvalue weighted by atomic mass is 35.5. The Hall–Kier alpha value is -4.28. The number of halogens is 6. The zero-order valence-corrected chi connectivity index (χ0v) is 46.2. The van der Waals surface area contributed by atoms with Gasteiger partial charge in [-0.15, -0.1) is 0 Å². The number of ketones is 1. The van der Waals surface area contributed by atoms with E-state index in [9.17, 15) is 9.59 Å². The highest BCUT2D eigenvalue weighted by Gasteiger charge is 2.38. The van der Waals surface area contributed by atoms with Crippen molar-refractivity contribution in [2.45, 2.75) is 94.3 Å². The van der Waals surface area contributed by atoms with Crippen LogP contribution in [0.2, 0.25) is 30.1 Å². The molecular weight excluding hydrogens is 1070 g/mol. The minimum atomic E-state index is -0.910. The molecule has 0 bridgehead atoms. The van der Waals surface area contributed by atoms with Gasteiger partial charge in [-0.2, -0.15) is 0 Å². The number of carbonyl (C=O) groups is 4. The normalized spacial score (nSPS) is 20.1. The van der Waals surface area contributed by atoms with Gasteiger partial charge in [0.15, 0.2) is 0 Å². The summed E-state index contributed by atoms with van der Waals surface area (Å²) in [4.78, 5) is 63.2. The molecule has 0 saturated carbocycles. The van der Waals surface area contributed by atoms with E-state index in [1.54, 1.807) is 29.2 Å². The number of piperidine rings is 1. The fourth-order valence-corrected chi connectivity index (χ4v) is 12.2. The first kappa shape index (κ1) is 56.9. The van der Waals surface area contributed by atoms with Gasteiger partial charge in [-0.05, 0) is 142 Å².